The van der Waals surface area contributed by atoms with E-state index in [1.54, 1.807) is 0 Å². The zero-order valence-electron chi connectivity index (χ0n) is 18.9. The van der Waals surface area contributed by atoms with Gasteiger partial charge >= 0.3 is 0 Å². The Balaban J connectivity index is 1.22. The van der Waals surface area contributed by atoms with E-state index in [2.05, 4.69) is 61.5 Å². The van der Waals surface area contributed by atoms with Crippen LogP contribution in [0.25, 0.3) is 27.0 Å². The lowest BCUT2D eigenvalue weighted by Crippen LogP contribution is -2.53. The molecule has 2 bridgehead atoms. The van der Waals surface area contributed by atoms with Crippen LogP contribution >= 0.6 is 11.3 Å². The quantitative estimate of drug-likeness (QED) is 0.620. The Hall–Kier alpha value is -2.32. The lowest BCUT2D eigenvalue weighted by atomic mass is 10.0. The zero-order chi connectivity index (χ0) is 21.8. The lowest BCUT2D eigenvalue weighted by Gasteiger charge is -2.39. The molecule has 0 spiro atoms. The summed E-state index contributed by atoms with van der Waals surface area (Å²) in [5.74, 6) is 0. The molecule has 2 atom stereocenters. The van der Waals surface area contributed by atoms with Crippen molar-refractivity contribution in [1.29, 1.82) is 0 Å². The van der Waals surface area contributed by atoms with E-state index < -0.39 is 0 Å². The van der Waals surface area contributed by atoms with Crippen LogP contribution in [0.5, 0.6) is 0 Å². The molecular formula is C26H31N5OS. The highest BCUT2D eigenvalue weighted by Crippen LogP contribution is 2.41. The minimum atomic E-state index is 0.682. The van der Waals surface area contributed by atoms with Gasteiger partial charge in [-0.2, -0.15) is 0 Å². The predicted molar refractivity (Wildman–Crippen MR) is 134 cm³/mol. The average Bonchev–Trinajstić information content (AvgIpc) is 3.57. The van der Waals surface area contributed by atoms with Crippen molar-refractivity contribution in [1.82, 2.24) is 25.0 Å². The van der Waals surface area contributed by atoms with E-state index in [4.69, 9.17) is 4.74 Å². The van der Waals surface area contributed by atoms with Gasteiger partial charge in [-0.15, -0.1) is 11.3 Å². The molecule has 3 fully saturated rings. The van der Waals surface area contributed by atoms with Crippen LogP contribution < -0.4 is 5.32 Å². The smallest absolute Gasteiger partial charge is 0.0707 e. The SMILES string of the molecule is C1=C(N2CCOCC2)c2cc(-c3cccc4[nH]ccc34)sc2CN1CN1CC2CCC(C1)N2. The Morgan fingerprint density at radius 1 is 1.03 bits per heavy atom. The molecule has 1 aromatic carbocycles. The van der Waals surface area contributed by atoms with Crippen LogP contribution in [0.15, 0.2) is 42.7 Å². The van der Waals surface area contributed by atoms with Crippen molar-refractivity contribution in [3.8, 4) is 10.4 Å². The zero-order valence-corrected chi connectivity index (χ0v) is 19.7. The maximum Gasteiger partial charge on any atom is 0.0707 e. The third kappa shape index (κ3) is 3.67. The van der Waals surface area contributed by atoms with Crippen molar-refractivity contribution in [2.24, 2.45) is 0 Å². The number of hydrogen-bond acceptors (Lipinski definition) is 6. The number of aromatic amines is 1. The summed E-state index contributed by atoms with van der Waals surface area (Å²) in [4.78, 5) is 14.0. The summed E-state index contributed by atoms with van der Waals surface area (Å²) in [7, 11) is 0. The second-order valence-corrected chi connectivity index (χ2v) is 11.0. The van der Waals surface area contributed by atoms with Gasteiger partial charge in [-0.25, -0.2) is 0 Å². The van der Waals surface area contributed by atoms with Gasteiger partial charge in [0, 0.05) is 82.4 Å². The first-order valence-corrected chi connectivity index (χ1v) is 13.1. The van der Waals surface area contributed by atoms with Gasteiger partial charge in [-0.05, 0) is 31.0 Å². The molecule has 0 amide bonds. The first-order chi connectivity index (χ1) is 16.3. The van der Waals surface area contributed by atoms with Crippen molar-refractivity contribution in [3.05, 3.63) is 53.2 Å². The van der Waals surface area contributed by atoms with E-state index in [1.165, 1.54) is 63.4 Å². The van der Waals surface area contributed by atoms with E-state index in [-0.39, 0.29) is 0 Å². The molecule has 6 heterocycles. The predicted octanol–water partition coefficient (Wildman–Crippen LogP) is 3.74. The molecule has 3 saturated heterocycles. The highest BCUT2D eigenvalue weighted by molar-refractivity contribution is 7.15. The van der Waals surface area contributed by atoms with Crippen molar-refractivity contribution in [3.63, 3.8) is 0 Å². The molecule has 6 nitrogen and oxygen atoms in total. The number of aromatic nitrogens is 1. The van der Waals surface area contributed by atoms with Crippen LogP contribution in [0, 0.1) is 0 Å². The third-order valence-corrected chi connectivity index (χ3v) is 8.78. The van der Waals surface area contributed by atoms with Crippen LogP contribution in [-0.2, 0) is 11.3 Å². The number of H-pyrrole nitrogens is 1. The number of ether oxygens (including phenoxy) is 1. The highest BCUT2D eigenvalue weighted by atomic mass is 32.1. The first kappa shape index (κ1) is 20.1. The van der Waals surface area contributed by atoms with Gasteiger partial charge in [0.25, 0.3) is 0 Å². The number of hydrogen-bond donors (Lipinski definition) is 2. The van der Waals surface area contributed by atoms with Crippen LogP contribution in [0.1, 0.15) is 23.3 Å². The van der Waals surface area contributed by atoms with E-state index in [0.717, 1.165) is 39.5 Å². The summed E-state index contributed by atoms with van der Waals surface area (Å²) >= 11 is 1.97. The van der Waals surface area contributed by atoms with Gasteiger partial charge < -0.3 is 24.8 Å². The average molecular weight is 462 g/mol. The molecule has 2 aromatic heterocycles. The standard InChI is InChI=1S/C26H31N5OS/c1-2-21(20-6-7-27-23(20)3-1)25-12-22-24(31-8-10-32-11-9-31)15-30(16-26(22)33-25)17-29-13-18-4-5-19(14-29)28-18/h1-3,6-7,12,15,18-19,27-28H,4-5,8-11,13-14,16-17H2. The Bertz CT molecular complexity index is 1180. The minimum Gasteiger partial charge on any atom is -0.378 e. The summed E-state index contributed by atoms with van der Waals surface area (Å²) in [5, 5.41) is 5.08. The highest BCUT2D eigenvalue weighted by Gasteiger charge is 2.33. The van der Waals surface area contributed by atoms with Crippen molar-refractivity contribution >= 4 is 27.9 Å². The van der Waals surface area contributed by atoms with E-state index in [9.17, 15) is 0 Å². The molecule has 172 valence electrons. The number of piperazine rings is 1. The van der Waals surface area contributed by atoms with Gasteiger partial charge in [0.2, 0.25) is 0 Å². The van der Waals surface area contributed by atoms with Crippen molar-refractivity contribution in [2.45, 2.75) is 31.5 Å². The van der Waals surface area contributed by atoms with Gasteiger partial charge in [0.05, 0.1) is 32.1 Å². The summed E-state index contributed by atoms with van der Waals surface area (Å²) in [6, 6.07) is 12.6. The second-order valence-electron chi connectivity index (χ2n) is 9.87. The number of morpholine rings is 1. The number of benzene rings is 1. The van der Waals surface area contributed by atoms with Gasteiger partial charge in [0.15, 0.2) is 0 Å². The Labute approximate surface area is 198 Å². The lowest BCUT2D eigenvalue weighted by molar-refractivity contribution is 0.0623. The number of rotatable bonds is 4. The fraction of sp³-hybridized carbons (Fsp3) is 0.462. The van der Waals surface area contributed by atoms with Crippen molar-refractivity contribution < 1.29 is 4.74 Å². The normalized spacial score (nSPS) is 25.5. The third-order valence-electron chi connectivity index (χ3n) is 7.62. The summed E-state index contributed by atoms with van der Waals surface area (Å²) < 4.78 is 5.67. The van der Waals surface area contributed by atoms with Gasteiger partial charge in [0.1, 0.15) is 0 Å². The van der Waals surface area contributed by atoms with E-state index >= 15 is 0 Å². The topological polar surface area (TPSA) is 46.8 Å². The Morgan fingerprint density at radius 3 is 2.73 bits per heavy atom. The molecule has 7 heteroatoms. The molecule has 4 aliphatic rings. The number of thiophene rings is 1. The maximum absolute atomic E-state index is 5.67. The fourth-order valence-electron chi connectivity index (χ4n) is 6.08. The molecule has 2 N–H and O–H groups in total. The largest absolute Gasteiger partial charge is 0.378 e. The molecule has 33 heavy (non-hydrogen) atoms. The fourth-order valence-corrected chi connectivity index (χ4v) is 7.31. The molecule has 0 aliphatic carbocycles. The minimum absolute atomic E-state index is 0.682. The van der Waals surface area contributed by atoms with Crippen molar-refractivity contribution in [2.75, 3.05) is 46.1 Å². The van der Waals surface area contributed by atoms with Crippen LogP contribution in [0.2, 0.25) is 0 Å². The molecule has 4 aliphatic heterocycles. The summed E-state index contributed by atoms with van der Waals surface area (Å²) in [6.45, 7) is 7.92. The first-order valence-electron chi connectivity index (χ1n) is 12.3. The summed E-state index contributed by atoms with van der Waals surface area (Å²) in [5.41, 5.74) is 5.33. The Kier molecular flexibility index (Phi) is 4.97. The van der Waals surface area contributed by atoms with Gasteiger partial charge in [-0.1, -0.05) is 12.1 Å². The second kappa shape index (κ2) is 8.17. The Morgan fingerprint density at radius 2 is 1.88 bits per heavy atom. The van der Waals surface area contributed by atoms with Crippen LogP contribution in [0.4, 0.5) is 0 Å². The van der Waals surface area contributed by atoms with E-state index in [1.807, 2.05) is 17.5 Å². The summed E-state index contributed by atoms with van der Waals surface area (Å²) in [6.07, 6.45) is 7.15. The number of fused-ring (bicyclic) bond motifs is 4. The molecule has 0 radical (unpaired) electrons. The number of likely N-dealkylation sites (tertiary alicyclic amines) is 1. The maximum atomic E-state index is 5.67. The number of nitrogens with zero attached hydrogens (tertiary/aromatic N) is 3. The molecular weight excluding hydrogens is 430 g/mol. The van der Waals surface area contributed by atoms with Crippen LogP contribution in [-0.4, -0.2) is 77.8 Å². The van der Waals surface area contributed by atoms with Crippen LogP contribution in [0.3, 0.4) is 0 Å². The monoisotopic (exact) mass is 461 g/mol. The molecule has 2 unspecified atom stereocenters. The molecule has 7 rings (SSSR count). The molecule has 3 aromatic rings. The van der Waals surface area contributed by atoms with E-state index in [0.29, 0.717) is 12.1 Å². The molecule has 0 saturated carbocycles. The number of nitrogens with one attached hydrogen (secondary N) is 2. The van der Waals surface area contributed by atoms with Gasteiger partial charge in [-0.3, -0.25) is 4.90 Å².